The molecule has 0 aromatic heterocycles. The lowest BCUT2D eigenvalue weighted by molar-refractivity contribution is 0.299. The van der Waals surface area contributed by atoms with Crippen molar-refractivity contribution in [3.8, 4) is 0 Å². The summed E-state index contributed by atoms with van der Waals surface area (Å²) in [6.45, 7) is 2.46. The molecule has 18 heavy (non-hydrogen) atoms. The number of hydrogen-bond donors (Lipinski definition) is 1. The summed E-state index contributed by atoms with van der Waals surface area (Å²) >= 11 is 0. The van der Waals surface area contributed by atoms with Gasteiger partial charge in [0.25, 0.3) is 10.2 Å². The summed E-state index contributed by atoms with van der Waals surface area (Å²) in [6, 6.07) is 0.390. The Balaban J connectivity index is 1.78. The Hall–Kier alpha value is -0.170. The molecule has 0 amide bonds. The van der Waals surface area contributed by atoms with Crippen molar-refractivity contribution in [1.82, 2.24) is 13.9 Å². The van der Waals surface area contributed by atoms with E-state index in [1.807, 2.05) is 0 Å². The Morgan fingerprint density at radius 1 is 1.17 bits per heavy atom. The van der Waals surface area contributed by atoms with Gasteiger partial charge in [-0.1, -0.05) is 0 Å². The molecule has 3 fully saturated rings. The zero-order valence-electron chi connectivity index (χ0n) is 11.0. The summed E-state index contributed by atoms with van der Waals surface area (Å²) in [5, 5.41) is 3.35. The van der Waals surface area contributed by atoms with Crippen LogP contribution in [0.25, 0.3) is 0 Å². The van der Waals surface area contributed by atoms with E-state index in [2.05, 4.69) is 5.32 Å². The number of nitrogens with zero attached hydrogens (tertiary/aromatic N) is 2. The maximum absolute atomic E-state index is 12.7. The summed E-state index contributed by atoms with van der Waals surface area (Å²) in [5.74, 6) is 0.604. The van der Waals surface area contributed by atoms with Gasteiger partial charge in [0.15, 0.2) is 0 Å². The van der Waals surface area contributed by atoms with Crippen LogP contribution in [0.3, 0.4) is 0 Å². The van der Waals surface area contributed by atoms with Crippen molar-refractivity contribution in [3.05, 3.63) is 0 Å². The van der Waals surface area contributed by atoms with Gasteiger partial charge in [0, 0.05) is 32.2 Å². The summed E-state index contributed by atoms with van der Waals surface area (Å²) < 4.78 is 28.8. The van der Waals surface area contributed by atoms with Crippen LogP contribution in [0, 0.1) is 5.92 Å². The van der Waals surface area contributed by atoms with Gasteiger partial charge in [-0.15, -0.1) is 0 Å². The fourth-order valence-electron chi connectivity index (χ4n) is 3.23. The lowest BCUT2D eigenvalue weighted by Crippen LogP contribution is -2.49. The second kappa shape index (κ2) is 4.74. The average Bonchev–Trinajstić information content (AvgIpc) is 3.03. The van der Waals surface area contributed by atoms with Crippen LogP contribution in [0.1, 0.15) is 32.1 Å². The van der Waals surface area contributed by atoms with Crippen molar-refractivity contribution >= 4 is 10.2 Å². The number of hydrogen-bond acceptors (Lipinski definition) is 3. The van der Waals surface area contributed by atoms with Crippen LogP contribution in [0.4, 0.5) is 0 Å². The minimum atomic E-state index is -3.25. The first-order valence-corrected chi connectivity index (χ1v) is 8.44. The van der Waals surface area contributed by atoms with Gasteiger partial charge in [0.1, 0.15) is 0 Å². The predicted octanol–water partition coefficient (Wildman–Crippen LogP) is 0.399. The van der Waals surface area contributed by atoms with Crippen molar-refractivity contribution < 1.29 is 8.42 Å². The first kappa shape index (κ1) is 12.8. The van der Waals surface area contributed by atoms with Gasteiger partial charge >= 0.3 is 0 Å². The highest BCUT2D eigenvalue weighted by Gasteiger charge is 2.44. The van der Waals surface area contributed by atoms with Crippen LogP contribution in [0.2, 0.25) is 0 Å². The van der Waals surface area contributed by atoms with Crippen LogP contribution >= 0.6 is 0 Å². The first-order valence-electron chi connectivity index (χ1n) is 7.04. The third-order valence-corrected chi connectivity index (χ3v) is 6.53. The Morgan fingerprint density at radius 3 is 2.61 bits per heavy atom. The summed E-state index contributed by atoms with van der Waals surface area (Å²) in [5.41, 5.74) is 0. The second-order valence-corrected chi connectivity index (χ2v) is 7.88. The van der Waals surface area contributed by atoms with E-state index in [0.717, 1.165) is 32.4 Å². The van der Waals surface area contributed by atoms with Gasteiger partial charge in [0.05, 0.1) is 0 Å². The molecule has 1 aliphatic carbocycles. The van der Waals surface area contributed by atoms with E-state index in [0.29, 0.717) is 12.5 Å². The Bertz CT molecular complexity index is 394. The highest BCUT2D eigenvalue weighted by molar-refractivity contribution is 7.86. The zero-order valence-corrected chi connectivity index (χ0v) is 11.8. The van der Waals surface area contributed by atoms with Crippen molar-refractivity contribution in [2.24, 2.45) is 5.92 Å². The molecule has 3 aliphatic rings. The van der Waals surface area contributed by atoms with Crippen LogP contribution in [0.5, 0.6) is 0 Å². The molecular weight excluding hydrogens is 250 g/mol. The van der Waals surface area contributed by atoms with E-state index in [-0.39, 0.29) is 12.1 Å². The fraction of sp³-hybridized carbons (Fsp3) is 1.00. The average molecular weight is 273 g/mol. The summed E-state index contributed by atoms with van der Waals surface area (Å²) in [6.07, 6.45) is 5.37. The summed E-state index contributed by atoms with van der Waals surface area (Å²) in [7, 11) is -1.51. The molecule has 2 unspecified atom stereocenters. The van der Waals surface area contributed by atoms with Gasteiger partial charge in [0.2, 0.25) is 0 Å². The van der Waals surface area contributed by atoms with Crippen molar-refractivity contribution in [3.63, 3.8) is 0 Å². The maximum Gasteiger partial charge on any atom is 0.282 e. The summed E-state index contributed by atoms with van der Waals surface area (Å²) in [4.78, 5) is 0. The van der Waals surface area contributed by atoms with E-state index >= 15 is 0 Å². The number of fused-ring (bicyclic) bond motifs is 2. The van der Waals surface area contributed by atoms with Gasteiger partial charge in [-0.3, -0.25) is 0 Å². The normalized spacial score (nSPS) is 33.9. The topological polar surface area (TPSA) is 52.7 Å². The maximum atomic E-state index is 12.7. The Labute approximate surface area is 110 Å². The third kappa shape index (κ3) is 2.31. The van der Waals surface area contributed by atoms with Crippen LogP contribution in [0.15, 0.2) is 0 Å². The molecule has 2 saturated heterocycles. The third-order valence-electron chi connectivity index (χ3n) is 4.46. The SMILES string of the molecule is CN(CC1CC1)S(=O)(=O)N1C2CCNCC1CC2. The minimum Gasteiger partial charge on any atom is -0.315 e. The van der Waals surface area contributed by atoms with E-state index < -0.39 is 10.2 Å². The smallest absolute Gasteiger partial charge is 0.282 e. The molecule has 5 nitrogen and oxygen atoms in total. The molecule has 104 valence electrons. The lowest BCUT2D eigenvalue weighted by atomic mass is 10.1. The first-order chi connectivity index (χ1) is 8.59. The molecule has 3 rings (SSSR count). The number of nitrogens with one attached hydrogen (secondary N) is 1. The lowest BCUT2D eigenvalue weighted by Gasteiger charge is -2.31. The van der Waals surface area contributed by atoms with Crippen LogP contribution in [-0.2, 0) is 10.2 Å². The van der Waals surface area contributed by atoms with Crippen molar-refractivity contribution in [2.75, 3.05) is 26.7 Å². The molecule has 0 radical (unpaired) electrons. The Morgan fingerprint density at radius 2 is 1.89 bits per heavy atom. The molecule has 2 aliphatic heterocycles. The highest BCUT2D eigenvalue weighted by atomic mass is 32.2. The molecule has 0 spiro atoms. The van der Waals surface area contributed by atoms with Crippen LogP contribution < -0.4 is 5.32 Å². The predicted molar refractivity (Wildman–Crippen MR) is 70.4 cm³/mol. The van der Waals surface area contributed by atoms with Gasteiger partial charge in [-0.25, -0.2) is 0 Å². The molecule has 1 N–H and O–H groups in total. The molecule has 2 heterocycles. The zero-order chi connectivity index (χ0) is 12.8. The molecule has 6 heteroatoms. The van der Waals surface area contributed by atoms with Gasteiger partial charge in [-0.2, -0.15) is 17.0 Å². The fourth-order valence-corrected chi connectivity index (χ4v) is 5.10. The van der Waals surface area contributed by atoms with Crippen molar-refractivity contribution in [1.29, 1.82) is 0 Å². The largest absolute Gasteiger partial charge is 0.315 e. The van der Waals surface area contributed by atoms with E-state index in [4.69, 9.17) is 0 Å². The second-order valence-electron chi connectivity index (χ2n) is 5.94. The minimum absolute atomic E-state index is 0.171. The molecule has 1 saturated carbocycles. The van der Waals surface area contributed by atoms with Crippen LogP contribution in [-0.4, -0.2) is 55.8 Å². The monoisotopic (exact) mass is 273 g/mol. The molecule has 0 aromatic rings. The van der Waals surface area contributed by atoms with E-state index in [1.54, 1.807) is 15.7 Å². The quantitative estimate of drug-likeness (QED) is 0.806. The van der Waals surface area contributed by atoms with Gasteiger partial charge < -0.3 is 5.32 Å². The van der Waals surface area contributed by atoms with Gasteiger partial charge in [-0.05, 0) is 44.6 Å². The standard InChI is InChI=1S/C12H23N3O2S/c1-14(9-10-2-3-10)18(16,17)15-11-4-5-12(15)8-13-7-6-11/h10-13H,2-9H2,1H3. The Kier molecular flexibility index (Phi) is 3.38. The number of rotatable bonds is 4. The molecular formula is C12H23N3O2S. The molecule has 2 atom stereocenters. The molecule has 0 aromatic carbocycles. The van der Waals surface area contributed by atoms with E-state index in [9.17, 15) is 8.42 Å². The molecule has 2 bridgehead atoms. The van der Waals surface area contributed by atoms with E-state index in [1.165, 1.54) is 12.8 Å². The van der Waals surface area contributed by atoms with Crippen molar-refractivity contribution in [2.45, 2.75) is 44.2 Å². The highest BCUT2D eigenvalue weighted by Crippen LogP contribution is 2.34.